The normalized spacial score (nSPS) is 18.2. The van der Waals surface area contributed by atoms with E-state index < -0.39 is 0 Å². The van der Waals surface area contributed by atoms with E-state index in [9.17, 15) is 0 Å². The van der Waals surface area contributed by atoms with E-state index in [0.717, 1.165) is 25.7 Å². The van der Waals surface area contributed by atoms with E-state index in [1.165, 1.54) is 12.0 Å². The highest BCUT2D eigenvalue weighted by Crippen LogP contribution is 2.43. The lowest BCUT2D eigenvalue weighted by molar-refractivity contribution is 0.198. The number of nitrogens with zero attached hydrogens (tertiary/aromatic N) is 2. The van der Waals surface area contributed by atoms with Crippen molar-refractivity contribution in [2.45, 2.75) is 32.1 Å². The third kappa shape index (κ3) is 1.77. The SMILES string of the molecule is N#CC1(CCc2cccnc2)CCC1. The minimum Gasteiger partial charge on any atom is -0.264 e. The lowest BCUT2D eigenvalue weighted by atomic mass is 9.67. The van der Waals surface area contributed by atoms with E-state index in [1.54, 1.807) is 6.20 Å². The Balaban J connectivity index is 1.92. The van der Waals surface area contributed by atoms with E-state index >= 15 is 0 Å². The zero-order chi connectivity index (χ0) is 9.86. The van der Waals surface area contributed by atoms with Gasteiger partial charge in [-0.1, -0.05) is 12.5 Å². The molecule has 1 saturated carbocycles. The van der Waals surface area contributed by atoms with Crippen molar-refractivity contribution in [2.75, 3.05) is 0 Å². The molecule has 1 heterocycles. The Morgan fingerprint density at radius 3 is 2.86 bits per heavy atom. The number of hydrogen-bond acceptors (Lipinski definition) is 2. The average molecular weight is 186 g/mol. The number of aromatic nitrogens is 1. The van der Waals surface area contributed by atoms with Crippen LogP contribution in [0.1, 0.15) is 31.2 Å². The summed E-state index contributed by atoms with van der Waals surface area (Å²) in [5.74, 6) is 0. The number of aryl methyl sites for hydroxylation is 1. The molecule has 0 spiro atoms. The third-order valence-electron chi connectivity index (χ3n) is 3.16. The standard InChI is InChI=1S/C12H14N2/c13-10-12(5-2-6-12)7-4-11-3-1-8-14-9-11/h1,3,8-9H,2,4-7H2. The number of rotatable bonds is 3. The van der Waals surface area contributed by atoms with Crippen molar-refractivity contribution in [3.8, 4) is 6.07 Å². The van der Waals surface area contributed by atoms with E-state index in [-0.39, 0.29) is 5.41 Å². The molecule has 1 aliphatic carbocycles. The maximum atomic E-state index is 9.05. The summed E-state index contributed by atoms with van der Waals surface area (Å²) in [4.78, 5) is 4.07. The molecule has 0 saturated heterocycles. The van der Waals surface area contributed by atoms with Gasteiger partial charge in [0, 0.05) is 12.4 Å². The van der Waals surface area contributed by atoms with Gasteiger partial charge in [-0.05, 0) is 37.3 Å². The monoisotopic (exact) mass is 186 g/mol. The van der Waals surface area contributed by atoms with E-state index in [0.29, 0.717) is 0 Å². The molecule has 14 heavy (non-hydrogen) atoms. The average Bonchev–Trinajstić information content (AvgIpc) is 2.19. The molecule has 72 valence electrons. The molecule has 0 radical (unpaired) electrons. The van der Waals surface area contributed by atoms with Crippen LogP contribution in [0.25, 0.3) is 0 Å². The van der Waals surface area contributed by atoms with E-state index in [1.807, 2.05) is 12.3 Å². The van der Waals surface area contributed by atoms with Crippen molar-refractivity contribution < 1.29 is 0 Å². The molecule has 0 N–H and O–H groups in total. The van der Waals surface area contributed by atoms with Crippen molar-refractivity contribution in [1.29, 1.82) is 5.26 Å². The third-order valence-corrected chi connectivity index (χ3v) is 3.16. The Morgan fingerprint density at radius 2 is 2.36 bits per heavy atom. The minimum atomic E-state index is -0.00413. The summed E-state index contributed by atoms with van der Waals surface area (Å²) in [5, 5.41) is 9.05. The molecule has 0 amide bonds. The highest BCUT2D eigenvalue weighted by Gasteiger charge is 2.36. The fraction of sp³-hybridized carbons (Fsp3) is 0.500. The van der Waals surface area contributed by atoms with Crippen LogP contribution in [0, 0.1) is 16.7 Å². The number of pyridine rings is 1. The Kier molecular flexibility index (Phi) is 2.49. The molecule has 0 aromatic carbocycles. The molecular formula is C12H14N2. The van der Waals surface area contributed by atoms with Gasteiger partial charge in [0.25, 0.3) is 0 Å². The van der Waals surface area contributed by atoms with Crippen LogP contribution >= 0.6 is 0 Å². The van der Waals surface area contributed by atoms with E-state index in [4.69, 9.17) is 5.26 Å². The molecule has 2 heteroatoms. The number of hydrogen-bond donors (Lipinski definition) is 0. The first-order valence-electron chi connectivity index (χ1n) is 5.15. The molecule has 0 atom stereocenters. The Hall–Kier alpha value is -1.36. The summed E-state index contributed by atoms with van der Waals surface area (Å²) in [6.07, 6.45) is 9.06. The largest absolute Gasteiger partial charge is 0.264 e. The van der Waals surface area contributed by atoms with Gasteiger partial charge in [0.2, 0.25) is 0 Å². The summed E-state index contributed by atoms with van der Waals surface area (Å²) in [6.45, 7) is 0. The molecule has 0 bridgehead atoms. The first-order valence-corrected chi connectivity index (χ1v) is 5.15. The maximum Gasteiger partial charge on any atom is 0.0689 e. The van der Waals surface area contributed by atoms with Crippen LogP contribution in [0.15, 0.2) is 24.5 Å². The molecular weight excluding hydrogens is 172 g/mol. The fourth-order valence-electron chi connectivity index (χ4n) is 1.95. The predicted octanol–water partition coefficient (Wildman–Crippen LogP) is 2.71. The summed E-state index contributed by atoms with van der Waals surface area (Å²) >= 11 is 0. The second-order valence-corrected chi connectivity index (χ2v) is 4.11. The maximum absolute atomic E-state index is 9.05. The van der Waals surface area contributed by atoms with Crippen molar-refractivity contribution in [3.63, 3.8) is 0 Å². The van der Waals surface area contributed by atoms with Crippen LogP contribution in [-0.4, -0.2) is 4.98 Å². The molecule has 1 aromatic heterocycles. The van der Waals surface area contributed by atoms with Crippen molar-refractivity contribution in [1.82, 2.24) is 4.98 Å². The first kappa shape index (κ1) is 9.21. The van der Waals surface area contributed by atoms with Crippen molar-refractivity contribution in [3.05, 3.63) is 30.1 Å². The fourth-order valence-corrected chi connectivity index (χ4v) is 1.95. The Bertz CT molecular complexity index is 333. The van der Waals surface area contributed by atoms with Crippen LogP contribution in [-0.2, 0) is 6.42 Å². The molecule has 2 nitrogen and oxygen atoms in total. The molecule has 1 fully saturated rings. The lowest BCUT2D eigenvalue weighted by Gasteiger charge is -2.35. The molecule has 2 rings (SSSR count). The predicted molar refractivity (Wildman–Crippen MR) is 54.5 cm³/mol. The van der Waals surface area contributed by atoms with Crippen LogP contribution in [0.5, 0.6) is 0 Å². The van der Waals surface area contributed by atoms with Gasteiger partial charge in [-0.25, -0.2) is 0 Å². The summed E-state index contributed by atoms with van der Waals surface area (Å²) < 4.78 is 0. The smallest absolute Gasteiger partial charge is 0.0689 e. The number of nitriles is 1. The second kappa shape index (κ2) is 3.79. The van der Waals surface area contributed by atoms with Gasteiger partial charge in [0.15, 0.2) is 0 Å². The molecule has 0 aliphatic heterocycles. The molecule has 1 aliphatic rings. The van der Waals surface area contributed by atoms with Crippen molar-refractivity contribution >= 4 is 0 Å². The topological polar surface area (TPSA) is 36.7 Å². The van der Waals surface area contributed by atoms with Gasteiger partial charge < -0.3 is 0 Å². The van der Waals surface area contributed by atoms with Gasteiger partial charge in [0.05, 0.1) is 11.5 Å². The highest BCUT2D eigenvalue weighted by atomic mass is 14.6. The highest BCUT2D eigenvalue weighted by molar-refractivity contribution is 5.12. The minimum absolute atomic E-state index is 0.00413. The van der Waals surface area contributed by atoms with E-state index in [2.05, 4.69) is 17.1 Å². The van der Waals surface area contributed by atoms with Gasteiger partial charge in [-0.15, -0.1) is 0 Å². The lowest BCUT2D eigenvalue weighted by Crippen LogP contribution is -2.27. The summed E-state index contributed by atoms with van der Waals surface area (Å²) in [5.41, 5.74) is 1.24. The van der Waals surface area contributed by atoms with Gasteiger partial charge in [-0.3, -0.25) is 4.98 Å². The van der Waals surface area contributed by atoms with Crippen molar-refractivity contribution in [2.24, 2.45) is 5.41 Å². The Labute approximate surface area is 84.6 Å². The van der Waals surface area contributed by atoms with Gasteiger partial charge in [-0.2, -0.15) is 5.26 Å². The molecule has 0 unspecified atom stereocenters. The summed E-state index contributed by atoms with van der Waals surface area (Å²) in [7, 11) is 0. The first-order chi connectivity index (χ1) is 6.85. The second-order valence-electron chi connectivity index (χ2n) is 4.11. The zero-order valence-corrected chi connectivity index (χ0v) is 8.24. The van der Waals surface area contributed by atoms with Crippen LogP contribution in [0.2, 0.25) is 0 Å². The molecule has 1 aromatic rings. The quantitative estimate of drug-likeness (QED) is 0.727. The van der Waals surface area contributed by atoms with Crippen LogP contribution in [0.3, 0.4) is 0 Å². The zero-order valence-electron chi connectivity index (χ0n) is 8.24. The Morgan fingerprint density at radius 1 is 1.50 bits per heavy atom. The van der Waals surface area contributed by atoms with Gasteiger partial charge in [0.1, 0.15) is 0 Å². The van der Waals surface area contributed by atoms with Gasteiger partial charge >= 0.3 is 0 Å². The van der Waals surface area contributed by atoms with Crippen LogP contribution < -0.4 is 0 Å². The summed E-state index contributed by atoms with van der Waals surface area (Å²) in [6, 6.07) is 6.50. The van der Waals surface area contributed by atoms with Crippen LogP contribution in [0.4, 0.5) is 0 Å².